The van der Waals surface area contributed by atoms with Gasteiger partial charge in [-0.2, -0.15) is 0 Å². The average molecular weight is 263 g/mol. The van der Waals surface area contributed by atoms with E-state index in [1.54, 1.807) is 18.6 Å². The minimum atomic E-state index is -0.427. The third-order valence-corrected chi connectivity index (χ3v) is 2.60. The molecule has 0 aliphatic carbocycles. The van der Waals surface area contributed by atoms with Crippen molar-refractivity contribution in [3.63, 3.8) is 0 Å². The highest BCUT2D eigenvalue weighted by Crippen LogP contribution is 2.09. The van der Waals surface area contributed by atoms with Crippen LogP contribution in [0, 0.1) is 5.82 Å². The summed E-state index contributed by atoms with van der Waals surface area (Å²) in [6.07, 6.45) is 3.23. The molecule has 19 heavy (non-hydrogen) atoms. The summed E-state index contributed by atoms with van der Waals surface area (Å²) in [4.78, 5) is 0. The van der Waals surface area contributed by atoms with E-state index in [-0.39, 0.29) is 5.84 Å². The van der Waals surface area contributed by atoms with Crippen molar-refractivity contribution in [3.05, 3.63) is 59.3 Å². The van der Waals surface area contributed by atoms with E-state index < -0.39 is 5.82 Å². The summed E-state index contributed by atoms with van der Waals surface area (Å²) in [5.41, 5.74) is 7.51. The minimum Gasteiger partial charge on any atom is -0.472 e. The largest absolute Gasteiger partial charge is 0.472 e. The lowest BCUT2D eigenvalue weighted by atomic mass is 10.1. The van der Waals surface area contributed by atoms with Crippen molar-refractivity contribution in [2.75, 3.05) is 0 Å². The zero-order chi connectivity index (χ0) is 13.7. The number of hydrogen-bond acceptors (Lipinski definition) is 4. The molecule has 1 aromatic heterocycles. The standard InChI is InChI=1S/C13H14FN3O2/c14-12-4-10(3-11(5-12)13(15)17-18)7-16-6-9-1-2-19-8-9/h1-5,8,16,18H,6-7H2,(H2,15,17). The smallest absolute Gasteiger partial charge is 0.170 e. The van der Waals surface area contributed by atoms with Crippen molar-refractivity contribution < 1.29 is 14.0 Å². The Balaban J connectivity index is 2.02. The summed E-state index contributed by atoms with van der Waals surface area (Å²) < 4.78 is 18.3. The van der Waals surface area contributed by atoms with E-state index in [0.717, 1.165) is 5.56 Å². The van der Waals surface area contributed by atoms with Crippen LogP contribution in [0.1, 0.15) is 16.7 Å². The first-order valence-corrected chi connectivity index (χ1v) is 5.68. The van der Waals surface area contributed by atoms with Gasteiger partial charge >= 0.3 is 0 Å². The first-order valence-electron chi connectivity index (χ1n) is 5.68. The van der Waals surface area contributed by atoms with Crippen LogP contribution in [0.2, 0.25) is 0 Å². The summed E-state index contributed by atoms with van der Waals surface area (Å²) in [7, 11) is 0. The Bertz CT molecular complexity index is 567. The van der Waals surface area contributed by atoms with E-state index in [9.17, 15) is 4.39 Å². The Morgan fingerprint density at radius 1 is 1.32 bits per heavy atom. The predicted octanol–water partition coefficient (Wildman–Crippen LogP) is 1.80. The monoisotopic (exact) mass is 263 g/mol. The van der Waals surface area contributed by atoms with Crippen molar-refractivity contribution in [1.29, 1.82) is 0 Å². The lowest BCUT2D eigenvalue weighted by molar-refractivity contribution is 0.318. The Hall–Kier alpha value is -2.34. The molecule has 4 N–H and O–H groups in total. The highest BCUT2D eigenvalue weighted by atomic mass is 19.1. The molecule has 2 rings (SSSR count). The van der Waals surface area contributed by atoms with E-state index in [0.29, 0.717) is 24.2 Å². The number of nitrogens with one attached hydrogen (secondary N) is 1. The molecule has 0 aliphatic heterocycles. The molecule has 0 saturated carbocycles. The molecule has 1 aromatic carbocycles. The molecular formula is C13H14FN3O2. The number of hydrogen-bond donors (Lipinski definition) is 3. The Labute approximate surface area is 109 Å². The third-order valence-electron chi connectivity index (χ3n) is 2.60. The van der Waals surface area contributed by atoms with Crippen LogP contribution in [0.5, 0.6) is 0 Å². The molecule has 0 aliphatic rings. The Kier molecular flexibility index (Phi) is 4.15. The number of nitrogens with zero attached hydrogens (tertiary/aromatic N) is 1. The highest BCUT2D eigenvalue weighted by Gasteiger charge is 2.05. The second-order valence-electron chi connectivity index (χ2n) is 4.07. The highest BCUT2D eigenvalue weighted by molar-refractivity contribution is 5.97. The molecule has 0 amide bonds. The lowest BCUT2D eigenvalue weighted by Crippen LogP contribution is -2.16. The first-order chi connectivity index (χ1) is 9.19. The molecule has 0 spiro atoms. The molecule has 100 valence electrons. The fourth-order valence-electron chi connectivity index (χ4n) is 1.70. The van der Waals surface area contributed by atoms with Gasteiger partial charge in [-0.05, 0) is 29.8 Å². The van der Waals surface area contributed by atoms with Crippen LogP contribution < -0.4 is 11.1 Å². The summed E-state index contributed by atoms with van der Waals surface area (Å²) in [5.74, 6) is -0.542. The van der Waals surface area contributed by atoms with Gasteiger partial charge in [-0.1, -0.05) is 5.16 Å². The zero-order valence-electron chi connectivity index (χ0n) is 10.1. The number of halogens is 1. The van der Waals surface area contributed by atoms with Gasteiger partial charge in [0.2, 0.25) is 0 Å². The van der Waals surface area contributed by atoms with E-state index in [2.05, 4.69) is 10.5 Å². The van der Waals surface area contributed by atoms with E-state index >= 15 is 0 Å². The number of furan rings is 1. The molecular weight excluding hydrogens is 249 g/mol. The zero-order valence-corrected chi connectivity index (χ0v) is 10.1. The second kappa shape index (κ2) is 6.01. The fraction of sp³-hybridized carbons (Fsp3) is 0.154. The molecule has 0 bridgehead atoms. The molecule has 0 saturated heterocycles. The van der Waals surface area contributed by atoms with Crippen molar-refractivity contribution in [3.8, 4) is 0 Å². The maximum atomic E-state index is 13.4. The number of rotatable bonds is 5. The molecule has 1 heterocycles. The van der Waals surface area contributed by atoms with Gasteiger partial charge in [0.05, 0.1) is 12.5 Å². The van der Waals surface area contributed by atoms with Gasteiger partial charge in [0.1, 0.15) is 5.82 Å². The second-order valence-corrected chi connectivity index (χ2v) is 4.07. The Morgan fingerprint density at radius 2 is 2.11 bits per heavy atom. The van der Waals surface area contributed by atoms with Gasteiger partial charge in [-0.3, -0.25) is 0 Å². The first kappa shape index (κ1) is 13.1. The van der Waals surface area contributed by atoms with E-state index in [1.165, 1.54) is 12.1 Å². The van der Waals surface area contributed by atoms with Gasteiger partial charge < -0.3 is 20.7 Å². The normalized spacial score (nSPS) is 11.7. The number of oxime groups is 1. The van der Waals surface area contributed by atoms with Crippen LogP contribution in [-0.2, 0) is 13.1 Å². The molecule has 5 nitrogen and oxygen atoms in total. The van der Waals surface area contributed by atoms with Crippen LogP contribution in [-0.4, -0.2) is 11.0 Å². The van der Waals surface area contributed by atoms with Gasteiger partial charge in [0.15, 0.2) is 5.84 Å². The predicted molar refractivity (Wildman–Crippen MR) is 68.2 cm³/mol. The lowest BCUT2D eigenvalue weighted by Gasteiger charge is -2.06. The summed E-state index contributed by atoms with van der Waals surface area (Å²) in [6.45, 7) is 1.08. The molecule has 6 heteroatoms. The topological polar surface area (TPSA) is 83.8 Å². The van der Waals surface area contributed by atoms with Crippen molar-refractivity contribution in [2.24, 2.45) is 10.9 Å². The van der Waals surface area contributed by atoms with Crippen LogP contribution in [0.25, 0.3) is 0 Å². The molecule has 0 radical (unpaired) electrons. The number of nitrogens with two attached hydrogens (primary N) is 1. The number of benzene rings is 1. The maximum Gasteiger partial charge on any atom is 0.170 e. The summed E-state index contributed by atoms with van der Waals surface area (Å²) >= 11 is 0. The molecule has 2 aromatic rings. The van der Waals surface area contributed by atoms with Gasteiger partial charge in [0.25, 0.3) is 0 Å². The van der Waals surface area contributed by atoms with Crippen LogP contribution in [0.3, 0.4) is 0 Å². The van der Waals surface area contributed by atoms with Gasteiger partial charge in [-0.15, -0.1) is 0 Å². The van der Waals surface area contributed by atoms with Crippen LogP contribution >= 0.6 is 0 Å². The van der Waals surface area contributed by atoms with Crippen molar-refractivity contribution in [2.45, 2.75) is 13.1 Å². The van der Waals surface area contributed by atoms with Crippen LogP contribution in [0.15, 0.2) is 46.4 Å². The molecule has 0 atom stereocenters. The average Bonchev–Trinajstić information content (AvgIpc) is 2.90. The minimum absolute atomic E-state index is 0.115. The SMILES string of the molecule is N/C(=N/O)c1cc(F)cc(CNCc2ccoc2)c1. The molecule has 0 unspecified atom stereocenters. The Morgan fingerprint density at radius 3 is 2.79 bits per heavy atom. The van der Waals surface area contributed by atoms with Gasteiger partial charge in [0, 0.05) is 24.2 Å². The fourth-order valence-corrected chi connectivity index (χ4v) is 1.70. The third kappa shape index (κ3) is 3.56. The molecule has 0 fully saturated rings. The summed E-state index contributed by atoms with van der Waals surface area (Å²) in [5, 5.41) is 14.6. The van der Waals surface area contributed by atoms with E-state index in [4.69, 9.17) is 15.4 Å². The van der Waals surface area contributed by atoms with Gasteiger partial charge in [-0.25, -0.2) is 4.39 Å². The van der Waals surface area contributed by atoms with Crippen molar-refractivity contribution in [1.82, 2.24) is 5.32 Å². The van der Waals surface area contributed by atoms with E-state index in [1.807, 2.05) is 6.07 Å². The summed E-state index contributed by atoms with van der Waals surface area (Å²) in [6, 6.07) is 6.13. The quantitative estimate of drug-likeness (QED) is 0.332. The van der Waals surface area contributed by atoms with Crippen LogP contribution in [0.4, 0.5) is 4.39 Å². The maximum absolute atomic E-state index is 13.4. The van der Waals surface area contributed by atoms with Crippen molar-refractivity contribution >= 4 is 5.84 Å². The number of amidine groups is 1.